The molecular formula is C21H29N5O2. The van der Waals surface area contributed by atoms with Gasteiger partial charge in [-0.15, -0.1) is 6.58 Å². The number of hydrogen-bond donors (Lipinski definition) is 1. The molecule has 0 amide bonds. The van der Waals surface area contributed by atoms with Gasteiger partial charge in [0.25, 0.3) is 0 Å². The Bertz CT molecular complexity index is 722. The largest absolute Gasteiger partial charge is 0.486 e. The highest BCUT2D eigenvalue weighted by atomic mass is 16.6. The number of likely N-dealkylation sites (tertiary alicyclic amines) is 1. The van der Waals surface area contributed by atoms with Crippen molar-refractivity contribution in [3.8, 4) is 17.7 Å². The van der Waals surface area contributed by atoms with Gasteiger partial charge in [0.05, 0.1) is 6.54 Å². The number of guanidine groups is 1. The van der Waals surface area contributed by atoms with E-state index in [0.717, 1.165) is 50.4 Å². The lowest BCUT2D eigenvalue weighted by Gasteiger charge is -2.34. The Labute approximate surface area is 167 Å². The van der Waals surface area contributed by atoms with Crippen LogP contribution in [0.4, 0.5) is 0 Å². The molecule has 1 aromatic rings. The van der Waals surface area contributed by atoms with Crippen molar-refractivity contribution >= 4 is 5.96 Å². The van der Waals surface area contributed by atoms with Crippen LogP contribution in [0.5, 0.6) is 11.5 Å². The summed E-state index contributed by atoms with van der Waals surface area (Å²) in [6.07, 6.45) is 6.97. The predicted molar refractivity (Wildman–Crippen MR) is 109 cm³/mol. The zero-order chi connectivity index (χ0) is 19.8. The lowest BCUT2D eigenvalue weighted by molar-refractivity contribution is 0.0695. The molecule has 3 rings (SSSR count). The maximum atomic E-state index is 9.33. The summed E-state index contributed by atoms with van der Waals surface area (Å²) in [7, 11) is 0. The molecule has 0 saturated carbocycles. The maximum absolute atomic E-state index is 9.33. The van der Waals surface area contributed by atoms with Gasteiger partial charge < -0.3 is 20.1 Å². The number of piperidine rings is 1. The van der Waals surface area contributed by atoms with Gasteiger partial charge in [0.2, 0.25) is 5.96 Å². The normalized spacial score (nSPS) is 20.4. The fourth-order valence-corrected chi connectivity index (χ4v) is 3.61. The second-order valence-electron chi connectivity index (χ2n) is 7.27. The molecule has 0 aliphatic carbocycles. The molecule has 28 heavy (non-hydrogen) atoms. The minimum absolute atomic E-state index is 0.0996. The van der Waals surface area contributed by atoms with Crippen LogP contribution in [0.25, 0.3) is 0 Å². The van der Waals surface area contributed by atoms with Crippen molar-refractivity contribution in [2.24, 2.45) is 16.6 Å². The summed E-state index contributed by atoms with van der Waals surface area (Å²) in [4.78, 5) is 8.09. The molecule has 0 spiro atoms. The summed E-state index contributed by atoms with van der Waals surface area (Å²) in [5, 5.41) is 9.33. The highest BCUT2D eigenvalue weighted by Crippen LogP contribution is 2.31. The minimum atomic E-state index is 0.0996. The minimum Gasteiger partial charge on any atom is -0.486 e. The first kappa shape index (κ1) is 20.0. The molecule has 1 fully saturated rings. The van der Waals surface area contributed by atoms with Gasteiger partial charge in [-0.05, 0) is 44.0 Å². The number of nitrogens with zero attached hydrogens (tertiary/aromatic N) is 4. The van der Waals surface area contributed by atoms with E-state index in [9.17, 15) is 5.26 Å². The fraction of sp³-hybridized carbons (Fsp3) is 0.524. The third-order valence-electron chi connectivity index (χ3n) is 5.26. The van der Waals surface area contributed by atoms with Crippen LogP contribution in [0.15, 0.2) is 41.9 Å². The summed E-state index contributed by atoms with van der Waals surface area (Å²) in [6, 6.07) is 7.82. The first-order chi connectivity index (χ1) is 13.7. The van der Waals surface area contributed by atoms with E-state index < -0.39 is 0 Å². The van der Waals surface area contributed by atoms with E-state index in [1.165, 1.54) is 4.90 Å². The Hall–Kier alpha value is -2.72. The van der Waals surface area contributed by atoms with E-state index in [0.29, 0.717) is 25.6 Å². The smallest absolute Gasteiger partial charge is 0.205 e. The maximum Gasteiger partial charge on any atom is 0.205 e. The Morgan fingerprint density at radius 3 is 2.82 bits per heavy atom. The summed E-state index contributed by atoms with van der Waals surface area (Å²) in [5.41, 5.74) is 5.89. The molecular weight excluding hydrogens is 354 g/mol. The van der Waals surface area contributed by atoms with Crippen LogP contribution in [0.1, 0.15) is 19.3 Å². The number of hydrogen-bond acceptors (Lipinski definition) is 5. The zero-order valence-electron chi connectivity index (χ0n) is 16.3. The van der Waals surface area contributed by atoms with Crippen molar-refractivity contribution in [3.05, 3.63) is 36.9 Å². The number of benzene rings is 1. The van der Waals surface area contributed by atoms with Gasteiger partial charge in [0.1, 0.15) is 12.7 Å². The molecule has 0 aromatic heterocycles. The van der Waals surface area contributed by atoms with Crippen LogP contribution in [-0.4, -0.2) is 61.2 Å². The Morgan fingerprint density at radius 1 is 1.36 bits per heavy atom. The summed E-state index contributed by atoms with van der Waals surface area (Å²) >= 11 is 0. The average Bonchev–Trinajstić information content (AvgIpc) is 2.75. The number of aliphatic imine (C=N–C) groups is 1. The summed E-state index contributed by atoms with van der Waals surface area (Å²) in [6.45, 7) is 8.33. The lowest BCUT2D eigenvalue weighted by atomic mass is 9.96. The molecule has 1 saturated heterocycles. The topological polar surface area (TPSA) is 87.1 Å². The average molecular weight is 383 g/mol. The van der Waals surface area contributed by atoms with E-state index in [-0.39, 0.29) is 12.1 Å². The highest BCUT2D eigenvalue weighted by molar-refractivity contribution is 5.79. The molecule has 2 heterocycles. The molecule has 2 aliphatic rings. The SMILES string of the molecule is C=CCN=C(N)N(C#N)CC1CCN(CCC2COc3ccccc3O2)CC1. The zero-order valence-corrected chi connectivity index (χ0v) is 16.3. The van der Waals surface area contributed by atoms with Gasteiger partial charge in [-0.1, -0.05) is 18.2 Å². The van der Waals surface area contributed by atoms with Crippen molar-refractivity contribution in [1.29, 1.82) is 5.26 Å². The van der Waals surface area contributed by atoms with Crippen LogP contribution in [0.2, 0.25) is 0 Å². The molecule has 1 aromatic carbocycles. The molecule has 0 bridgehead atoms. The lowest BCUT2D eigenvalue weighted by Crippen LogP contribution is -2.42. The number of fused-ring (bicyclic) bond motifs is 1. The van der Waals surface area contributed by atoms with Crippen molar-refractivity contribution in [3.63, 3.8) is 0 Å². The fourth-order valence-electron chi connectivity index (χ4n) is 3.61. The Balaban J connectivity index is 1.39. The standard InChI is InChI=1S/C21H29N5O2/c1-2-10-24-21(23)26(16-22)14-17-7-11-25(12-8-17)13-9-18-15-27-19-5-3-4-6-20(19)28-18/h2-6,17-18H,1,7-15H2,(H2,23,24). The van der Waals surface area contributed by atoms with Crippen molar-refractivity contribution in [1.82, 2.24) is 9.80 Å². The number of rotatable bonds is 7. The van der Waals surface area contributed by atoms with Crippen molar-refractivity contribution in [2.45, 2.75) is 25.4 Å². The van der Waals surface area contributed by atoms with Gasteiger partial charge in [-0.2, -0.15) is 5.26 Å². The molecule has 2 aliphatic heterocycles. The van der Waals surface area contributed by atoms with E-state index in [1.807, 2.05) is 24.3 Å². The van der Waals surface area contributed by atoms with E-state index in [4.69, 9.17) is 15.2 Å². The van der Waals surface area contributed by atoms with E-state index in [1.54, 1.807) is 6.08 Å². The molecule has 1 unspecified atom stereocenters. The number of nitrogens with two attached hydrogens (primary N) is 1. The number of nitriles is 1. The summed E-state index contributed by atoms with van der Waals surface area (Å²) in [5.74, 6) is 2.40. The first-order valence-corrected chi connectivity index (χ1v) is 9.88. The van der Waals surface area contributed by atoms with E-state index >= 15 is 0 Å². The van der Waals surface area contributed by atoms with Crippen LogP contribution in [0, 0.1) is 17.4 Å². The predicted octanol–water partition coefficient (Wildman–Crippen LogP) is 2.21. The third kappa shape index (κ3) is 5.40. The molecule has 1 atom stereocenters. The van der Waals surface area contributed by atoms with Crippen molar-refractivity contribution in [2.75, 3.05) is 39.3 Å². The van der Waals surface area contributed by atoms with Gasteiger partial charge in [0.15, 0.2) is 17.7 Å². The second-order valence-corrected chi connectivity index (χ2v) is 7.27. The van der Waals surface area contributed by atoms with E-state index in [2.05, 4.69) is 22.7 Å². The Kier molecular flexibility index (Phi) is 7.15. The monoisotopic (exact) mass is 383 g/mol. The van der Waals surface area contributed by atoms with Gasteiger partial charge in [-0.25, -0.2) is 9.89 Å². The van der Waals surface area contributed by atoms with Crippen molar-refractivity contribution < 1.29 is 9.47 Å². The first-order valence-electron chi connectivity index (χ1n) is 9.88. The quantitative estimate of drug-likeness (QED) is 0.255. The van der Waals surface area contributed by atoms with Crippen LogP contribution in [0.3, 0.4) is 0 Å². The molecule has 2 N–H and O–H groups in total. The number of para-hydroxylation sites is 2. The number of ether oxygens (including phenoxy) is 2. The van der Waals surface area contributed by atoms with Gasteiger partial charge in [-0.3, -0.25) is 0 Å². The van der Waals surface area contributed by atoms with Crippen LogP contribution in [-0.2, 0) is 0 Å². The Morgan fingerprint density at radius 2 is 2.11 bits per heavy atom. The van der Waals surface area contributed by atoms with Gasteiger partial charge in [0, 0.05) is 19.5 Å². The second kappa shape index (κ2) is 10.00. The molecule has 7 heteroatoms. The molecule has 0 radical (unpaired) electrons. The highest BCUT2D eigenvalue weighted by Gasteiger charge is 2.25. The van der Waals surface area contributed by atoms with Crippen LogP contribution < -0.4 is 15.2 Å². The third-order valence-corrected chi connectivity index (χ3v) is 5.26. The van der Waals surface area contributed by atoms with Gasteiger partial charge >= 0.3 is 0 Å². The summed E-state index contributed by atoms with van der Waals surface area (Å²) < 4.78 is 11.8. The molecule has 150 valence electrons. The molecule has 7 nitrogen and oxygen atoms in total. The van der Waals surface area contributed by atoms with Crippen LogP contribution >= 0.6 is 0 Å².